The summed E-state index contributed by atoms with van der Waals surface area (Å²) in [5.74, 6) is 0. The summed E-state index contributed by atoms with van der Waals surface area (Å²) in [5.41, 5.74) is 2.62. The van der Waals surface area contributed by atoms with Crippen LogP contribution in [-0.2, 0) is 0 Å². The van der Waals surface area contributed by atoms with Gasteiger partial charge in [0.15, 0.2) is 0 Å². The maximum Gasteiger partial charge on any atom is 0.272 e. The van der Waals surface area contributed by atoms with Crippen LogP contribution < -0.4 is 5.32 Å². The molecule has 2 N–H and O–H groups in total. The molecule has 5 heteroatoms. The predicted octanol–water partition coefficient (Wildman–Crippen LogP) is 3.29. The zero-order chi connectivity index (χ0) is 16.1. The van der Waals surface area contributed by atoms with Gasteiger partial charge in [-0.05, 0) is 25.0 Å². The number of aliphatic hydroxyl groups is 1. The van der Waals surface area contributed by atoms with Crippen LogP contribution in [0.2, 0.25) is 0 Å². The number of hydrogen-bond donors (Lipinski definition) is 2. The fourth-order valence-corrected chi connectivity index (χ4v) is 2.64. The lowest BCUT2D eigenvalue weighted by atomic mass is 9.99. The smallest absolute Gasteiger partial charge is 0.272 e. The summed E-state index contributed by atoms with van der Waals surface area (Å²) in [6, 6.07) is 14.4. The highest BCUT2D eigenvalue weighted by atomic mass is 16.6. The second-order valence-corrected chi connectivity index (χ2v) is 5.28. The third kappa shape index (κ3) is 3.50. The molecule has 0 heterocycles. The molecule has 0 amide bonds. The minimum absolute atomic E-state index is 0.0394. The van der Waals surface area contributed by atoms with Crippen LogP contribution in [-0.4, -0.2) is 16.6 Å². The molecule has 0 saturated heterocycles. The number of benzene rings is 2. The summed E-state index contributed by atoms with van der Waals surface area (Å²) in [7, 11) is 0. The summed E-state index contributed by atoms with van der Waals surface area (Å²) >= 11 is 0. The maximum atomic E-state index is 11.0. The first-order chi connectivity index (χ1) is 10.5. The van der Waals surface area contributed by atoms with Gasteiger partial charge in [0.25, 0.3) is 5.69 Å². The minimum atomic E-state index is -0.369. The zero-order valence-electron chi connectivity index (χ0n) is 12.7. The van der Waals surface area contributed by atoms with Gasteiger partial charge in [-0.1, -0.05) is 42.5 Å². The van der Waals surface area contributed by atoms with Gasteiger partial charge < -0.3 is 10.4 Å². The summed E-state index contributed by atoms with van der Waals surface area (Å²) in [6.45, 7) is 3.65. The normalized spacial score (nSPS) is 13.6. The fourth-order valence-electron chi connectivity index (χ4n) is 2.64. The van der Waals surface area contributed by atoms with Crippen LogP contribution in [0.4, 0.5) is 5.69 Å². The molecule has 0 aliphatic heterocycles. The quantitative estimate of drug-likeness (QED) is 0.634. The Labute approximate surface area is 129 Å². The van der Waals surface area contributed by atoms with Crippen molar-refractivity contribution in [2.24, 2.45) is 0 Å². The van der Waals surface area contributed by atoms with E-state index in [-0.39, 0.29) is 29.3 Å². The first-order valence-electron chi connectivity index (χ1n) is 7.20. The van der Waals surface area contributed by atoms with E-state index in [9.17, 15) is 15.2 Å². The van der Waals surface area contributed by atoms with Crippen LogP contribution in [0.25, 0.3) is 0 Å². The first kappa shape index (κ1) is 16.1. The molecule has 5 nitrogen and oxygen atoms in total. The monoisotopic (exact) mass is 300 g/mol. The van der Waals surface area contributed by atoms with E-state index in [0.29, 0.717) is 5.56 Å². The van der Waals surface area contributed by atoms with Crippen LogP contribution >= 0.6 is 0 Å². The highest BCUT2D eigenvalue weighted by molar-refractivity contribution is 5.45. The molecule has 0 fully saturated rings. The lowest BCUT2D eigenvalue weighted by Crippen LogP contribution is -2.27. The van der Waals surface area contributed by atoms with Gasteiger partial charge in [-0.25, -0.2) is 0 Å². The average Bonchev–Trinajstić information content (AvgIpc) is 2.53. The fraction of sp³-hybridized carbons (Fsp3) is 0.294. The van der Waals surface area contributed by atoms with Gasteiger partial charge in [-0.3, -0.25) is 10.1 Å². The highest BCUT2D eigenvalue weighted by Crippen LogP contribution is 2.27. The minimum Gasteiger partial charge on any atom is -0.394 e. The molecule has 2 aromatic rings. The number of nitrogens with zero attached hydrogens (tertiary/aromatic N) is 1. The van der Waals surface area contributed by atoms with E-state index in [1.165, 1.54) is 6.07 Å². The van der Waals surface area contributed by atoms with Crippen LogP contribution in [0, 0.1) is 17.0 Å². The Morgan fingerprint density at radius 2 is 1.86 bits per heavy atom. The van der Waals surface area contributed by atoms with E-state index in [0.717, 1.165) is 11.1 Å². The van der Waals surface area contributed by atoms with E-state index in [1.54, 1.807) is 13.0 Å². The van der Waals surface area contributed by atoms with Crippen molar-refractivity contribution >= 4 is 5.69 Å². The number of nitrogens with one attached hydrogen (secondary N) is 1. The van der Waals surface area contributed by atoms with Gasteiger partial charge in [0, 0.05) is 17.7 Å². The topological polar surface area (TPSA) is 75.4 Å². The predicted molar refractivity (Wildman–Crippen MR) is 85.7 cm³/mol. The van der Waals surface area contributed by atoms with Crippen molar-refractivity contribution < 1.29 is 10.0 Å². The third-order valence-corrected chi connectivity index (χ3v) is 3.85. The largest absolute Gasteiger partial charge is 0.394 e. The Balaban J connectivity index is 2.23. The van der Waals surface area contributed by atoms with Gasteiger partial charge in [0.1, 0.15) is 0 Å². The molecule has 2 unspecified atom stereocenters. The van der Waals surface area contributed by atoms with Crippen LogP contribution in [0.1, 0.15) is 35.7 Å². The Hall–Kier alpha value is -2.24. The van der Waals surface area contributed by atoms with E-state index in [4.69, 9.17) is 0 Å². The van der Waals surface area contributed by atoms with E-state index in [2.05, 4.69) is 5.32 Å². The molecule has 0 saturated carbocycles. The first-order valence-corrected chi connectivity index (χ1v) is 7.20. The summed E-state index contributed by atoms with van der Waals surface area (Å²) in [5, 5.41) is 24.0. The second-order valence-electron chi connectivity index (χ2n) is 5.28. The second kappa shape index (κ2) is 7.15. The van der Waals surface area contributed by atoms with Crippen molar-refractivity contribution in [3.05, 3.63) is 75.3 Å². The van der Waals surface area contributed by atoms with Crippen LogP contribution in [0.5, 0.6) is 0 Å². The third-order valence-electron chi connectivity index (χ3n) is 3.85. The van der Waals surface area contributed by atoms with Crippen molar-refractivity contribution in [1.29, 1.82) is 0 Å². The van der Waals surface area contributed by atoms with E-state index >= 15 is 0 Å². The number of hydrogen-bond acceptors (Lipinski definition) is 4. The molecule has 0 aromatic heterocycles. The maximum absolute atomic E-state index is 11.0. The van der Waals surface area contributed by atoms with Gasteiger partial charge in [0.05, 0.1) is 17.6 Å². The lowest BCUT2D eigenvalue weighted by Gasteiger charge is -2.23. The molecular weight excluding hydrogens is 280 g/mol. The Morgan fingerprint density at radius 1 is 1.18 bits per heavy atom. The molecule has 0 aliphatic carbocycles. The molecule has 116 valence electrons. The van der Waals surface area contributed by atoms with Crippen molar-refractivity contribution in [3.63, 3.8) is 0 Å². The molecule has 0 spiro atoms. The van der Waals surface area contributed by atoms with Crippen molar-refractivity contribution in [2.45, 2.75) is 25.9 Å². The van der Waals surface area contributed by atoms with Crippen LogP contribution in [0.3, 0.4) is 0 Å². The van der Waals surface area contributed by atoms with E-state index < -0.39 is 0 Å². The van der Waals surface area contributed by atoms with Crippen molar-refractivity contribution in [1.82, 2.24) is 5.32 Å². The number of rotatable bonds is 6. The number of aliphatic hydroxyl groups excluding tert-OH is 1. The van der Waals surface area contributed by atoms with Gasteiger partial charge >= 0.3 is 0 Å². The Morgan fingerprint density at radius 3 is 2.45 bits per heavy atom. The van der Waals surface area contributed by atoms with Gasteiger partial charge in [-0.2, -0.15) is 0 Å². The highest BCUT2D eigenvalue weighted by Gasteiger charge is 2.19. The zero-order valence-corrected chi connectivity index (χ0v) is 12.7. The SMILES string of the molecule is Cc1c(C(C)NC(CO)c2ccccc2)cccc1[N+](=O)[O-]. The standard InChI is InChI=1S/C17H20N2O3/c1-12-15(9-6-10-17(12)19(21)22)13(2)18-16(11-20)14-7-4-3-5-8-14/h3-10,13,16,18,20H,11H2,1-2H3. The molecular formula is C17H20N2O3. The van der Waals surface area contributed by atoms with Crippen molar-refractivity contribution in [2.75, 3.05) is 6.61 Å². The molecule has 2 aromatic carbocycles. The molecule has 2 atom stereocenters. The lowest BCUT2D eigenvalue weighted by molar-refractivity contribution is -0.385. The number of nitro benzene ring substituents is 1. The van der Waals surface area contributed by atoms with Crippen LogP contribution in [0.15, 0.2) is 48.5 Å². The molecule has 22 heavy (non-hydrogen) atoms. The summed E-state index contributed by atoms with van der Waals surface area (Å²) < 4.78 is 0. The van der Waals surface area contributed by atoms with Crippen molar-refractivity contribution in [3.8, 4) is 0 Å². The average molecular weight is 300 g/mol. The van der Waals surface area contributed by atoms with Gasteiger partial charge in [0.2, 0.25) is 0 Å². The van der Waals surface area contributed by atoms with Gasteiger partial charge in [-0.15, -0.1) is 0 Å². The van der Waals surface area contributed by atoms with E-state index in [1.807, 2.05) is 43.3 Å². The summed E-state index contributed by atoms with van der Waals surface area (Å²) in [6.07, 6.45) is 0. The molecule has 0 radical (unpaired) electrons. The molecule has 0 aliphatic rings. The molecule has 2 rings (SSSR count). The Bertz CT molecular complexity index is 644. The summed E-state index contributed by atoms with van der Waals surface area (Å²) in [4.78, 5) is 10.7. The Kier molecular flexibility index (Phi) is 5.25. The number of nitro groups is 1. The molecule has 0 bridgehead atoms.